The summed E-state index contributed by atoms with van der Waals surface area (Å²) in [5.74, 6) is 0. The molecule has 0 radical (unpaired) electrons. The number of nitrogens with one attached hydrogen (secondary N) is 2. The molecule has 272 valence electrons. The fraction of sp³-hybridized carbons (Fsp3) is 0.938. The van der Waals surface area contributed by atoms with E-state index in [0.29, 0.717) is 51.0 Å². The van der Waals surface area contributed by atoms with E-state index in [1.165, 1.54) is 64.7 Å². The summed E-state index contributed by atoms with van der Waals surface area (Å²) in [4.78, 5) is 0. The third-order valence-corrected chi connectivity index (χ3v) is 16.7. The number of hydrogen-bond acceptors (Lipinski definition) is 8. The number of hydrogen-bond donors (Lipinski definition) is 2. The minimum atomic E-state index is -2.61. The van der Waals surface area contributed by atoms with Crippen LogP contribution in [0.3, 0.4) is 0 Å². The third-order valence-electron chi connectivity index (χ3n) is 9.41. The second-order valence-electron chi connectivity index (χ2n) is 11.5. The summed E-state index contributed by atoms with van der Waals surface area (Å²) in [5, 5.41) is 25.0. The summed E-state index contributed by atoms with van der Waals surface area (Å²) < 4.78 is 39.0. The first-order chi connectivity index (χ1) is 22.0. The van der Waals surface area contributed by atoms with Crippen LogP contribution in [-0.4, -0.2) is 129 Å². The van der Waals surface area contributed by atoms with Crippen molar-refractivity contribution in [3.63, 3.8) is 0 Å². The second kappa shape index (κ2) is 26.8. The molecule has 2 saturated heterocycles. The van der Waals surface area contributed by atoms with E-state index in [2.05, 4.69) is 27.7 Å². The molecule has 0 saturated carbocycles. The Bertz CT molecular complexity index is 719. The average molecular weight is 691 g/mol. The Hall–Kier alpha value is -1.13. The van der Waals surface area contributed by atoms with Crippen molar-refractivity contribution in [3.05, 3.63) is 10.8 Å². The van der Waals surface area contributed by atoms with Gasteiger partial charge < -0.3 is 57.2 Å². The highest BCUT2D eigenvalue weighted by molar-refractivity contribution is 6.62. The van der Waals surface area contributed by atoms with Gasteiger partial charge >= 0.3 is 17.6 Å². The van der Waals surface area contributed by atoms with E-state index in [-0.39, 0.29) is 0 Å². The van der Waals surface area contributed by atoms with Gasteiger partial charge in [-0.1, -0.05) is 0 Å². The largest absolute Gasteiger partial charge is 0.562 e. The molecular formula is C32H70N6O6Si2. The predicted octanol–water partition coefficient (Wildman–Crippen LogP) is 6.58. The molecule has 14 heteroatoms. The number of rotatable bonds is 18. The first kappa shape index (κ1) is 47.0. The van der Waals surface area contributed by atoms with Gasteiger partial charge in [0.05, 0.1) is 39.3 Å². The first-order valence-corrected chi connectivity index (χ1v) is 21.3. The lowest BCUT2D eigenvalue weighted by atomic mass is 10.1. The highest BCUT2D eigenvalue weighted by atomic mass is 28.4. The summed E-state index contributed by atoms with van der Waals surface area (Å²) in [6.45, 7) is 32.7. The van der Waals surface area contributed by atoms with E-state index in [0.717, 1.165) is 34.1 Å². The van der Waals surface area contributed by atoms with Crippen LogP contribution in [-0.2, 0) is 26.6 Å². The van der Waals surface area contributed by atoms with Crippen molar-refractivity contribution in [3.8, 4) is 0 Å². The Kier molecular flexibility index (Phi) is 27.4. The maximum Gasteiger partial charge on any atom is 0.562 e. The van der Waals surface area contributed by atoms with Gasteiger partial charge in [-0.05, 0) is 108 Å². The van der Waals surface area contributed by atoms with Crippen molar-refractivity contribution in [2.24, 2.45) is 0 Å². The molecule has 2 N–H and O–H groups in total. The second-order valence-corrected chi connectivity index (χ2v) is 17.3. The molecule has 2 aliphatic heterocycles. The monoisotopic (exact) mass is 690 g/mol. The Balaban J connectivity index is 0. The number of piperidine rings is 2. The van der Waals surface area contributed by atoms with Crippen LogP contribution in [0, 0.1) is 10.8 Å². The SMILES string of the molecule is CCO[Si](OCC)(OCC)C(C)[N+]1(CC)CCCCC1.CCO[Si](OCC)(OCC)C(C)[N+]1(CC)CCCCC1.[N-]=C=N.[N-]=C=N. The fourth-order valence-corrected chi connectivity index (χ4v) is 13.7. The van der Waals surface area contributed by atoms with Crippen LogP contribution in [0.4, 0.5) is 0 Å². The molecule has 0 bridgehead atoms. The van der Waals surface area contributed by atoms with E-state index in [9.17, 15) is 0 Å². The highest BCUT2D eigenvalue weighted by Gasteiger charge is 2.58. The maximum absolute atomic E-state index is 6.99. The van der Waals surface area contributed by atoms with Gasteiger partial charge in [0, 0.05) is 39.6 Å². The fourth-order valence-electron chi connectivity index (χ4n) is 7.09. The van der Waals surface area contributed by atoms with Crippen LogP contribution in [0.1, 0.15) is 108 Å². The lowest BCUT2D eigenvalue weighted by Gasteiger charge is -2.49. The van der Waals surface area contributed by atoms with Crippen LogP contribution < -0.4 is 0 Å². The highest BCUT2D eigenvalue weighted by Crippen LogP contribution is 2.31. The Morgan fingerprint density at radius 2 is 0.696 bits per heavy atom. The van der Waals surface area contributed by atoms with Gasteiger partial charge in [0.1, 0.15) is 0 Å². The Labute approximate surface area is 284 Å². The zero-order valence-electron chi connectivity index (χ0n) is 31.1. The third kappa shape index (κ3) is 14.2. The van der Waals surface area contributed by atoms with Gasteiger partial charge in [0.15, 0.2) is 11.3 Å². The maximum atomic E-state index is 6.99. The van der Waals surface area contributed by atoms with Crippen molar-refractivity contribution < 1.29 is 35.5 Å². The molecule has 2 fully saturated rings. The van der Waals surface area contributed by atoms with Gasteiger partial charge in [-0.2, -0.15) is 12.0 Å². The minimum Gasteiger partial charge on any atom is -0.447 e. The predicted molar refractivity (Wildman–Crippen MR) is 191 cm³/mol. The Morgan fingerprint density at radius 1 is 0.500 bits per heavy atom. The van der Waals surface area contributed by atoms with Crippen LogP contribution in [0.2, 0.25) is 0 Å². The normalized spacial score (nSPS) is 18.5. The zero-order valence-corrected chi connectivity index (χ0v) is 33.1. The molecule has 0 aromatic rings. The topological polar surface area (TPSA) is 148 Å². The summed E-state index contributed by atoms with van der Waals surface area (Å²) in [6, 6.07) is 2.00. The van der Waals surface area contributed by atoms with E-state index >= 15 is 0 Å². The van der Waals surface area contributed by atoms with E-state index in [1.807, 2.05) is 41.5 Å². The van der Waals surface area contributed by atoms with Crippen LogP contribution in [0.5, 0.6) is 0 Å². The van der Waals surface area contributed by atoms with Gasteiger partial charge in [0.25, 0.3) is 0 Å². The van der Waals surface area contributed by atoms with Crippen molar-refractivity contribution >= 4 is 29.6 Å². The molecule has 2 heterocycles. The van der Waals surface area contributed by atoms with Crippen LogP contribution >= 0.6 is 0 Å². The van der Waals surface area contributed by atoms with Crippen LogP contribution in [0.25, 0.3) is 10.8 Å². The van der Waals surface area contributed by atoms with Gasteiger partial charge in [0.2, 0.25) is 0 Å². The average Bonchev–Trinajstić information content (AvgIpc) is 3.06. The summed E-state index contributed by atoms with van der Waals surface area (Å²) in [5.41, 5.74) is 0.653. The van der Waals surface area contributed by atoms with E-state index < -0.39 is 17.6 Å². The molecule has 12 nitrogen and oxygen atoms in total. The zero-order chi connectivity index (χ0) is 35.5. The molecule has 0 aromatic carbocycles. The van der Waals surface area contributed by atoms with Crippen molar-refractivity contribution in [2.45, 2.75) is 119 Å². The van der Waals surface area contributed by atoms with Crippen LogP contribution in [0.15, 0.2) is 0 Å². The number of likely N-dealkylation sites (tertiary alicyclic amines) is 2. The molecule has 2 rings (SSSR count). The van der Waals surface area contributed by atoms with Gasteiger partial charge in [-0.3, -0.25) is 0 Å². The molecule has 2 atom stereocenters. The van der Waals surface area contributed by atoms with Gasteiger partial charge in [-0.25, -0.2) is 0 Å². The number of quaternary nitrogens is 2. The molecule has 0 aromatic heterocycles. The van der Waals surface area contributed by atoms with E-state index in [4.69, 9.17) is 48.2 Å². The standard InChI is InChI=1S/2C15H34NO3Si.2CHN2/c2*1-6-16(13-11-10-12-14-16)15(5)20(17-7-2,18-8-3)19-9-4;2*2-1-3/h2*15H,6-14H2,1-5H3;2*2H/q2*+1;2*-1. The Morgan fingerprint density at radius 3 is 0.848 bits per heavy atom. The summed E-state index contributed by atoms with van der Waals surface area (Å²) in [7, 11) is -5.21. The quantitative estimate of drug-likeness (QED) is 0.0943. The van der Waals surface area contributed by atoms with Crippen molar-refractivity contribution in [1.82, 2.24) is 0 Å². The lowest BCUT2D eigenvalue weighted by Crippen LogP contribution is -2.70. The molecule has 46 heavy (non-hydrogen) atoms. The van der Waals surface area contributed by atoms with E-state index in [1.54, 1.807) is 0 Å². The summed E-state index contributed by atoms with van der Waals surface area (Å²) in [6.07, 6.45) is 7.97. The van der Waals surface area contributed by atoms with Gasteiger partial charge in [-0.15, -0.1) is 0 Å². The van der Waals surface area contributed by atoms with Crippen molar-refractivity contribution in [2.75, 3.05) is 78.9 Å². The smallest absolute Gasteiger partial charge is 0.447 e. The molecule has 2 aliphatic rings. The molecular weight excluding hydrogens is 621 g/mol. The molecule has 0 amide bonds. The molecule has 0 aliphatic carbocycles. The molecule has 2 unspecified atom stereocenters. The molecule has 0 spiro atoms. The van der Waals surface area contributed by atoms with Crippen molar-refractivity contribution in [1.29, 1.82) is 10.8 Å². The summed E-state index contributed by atoms with van der Waals surface area (Å²) >= 11 is 0. The number of nitrogens with zero attached hydrogens (tertiary/aromatic N) is 4. The lowest BCUT2D eigenvalue weighted by molar-refractivity contribution is -0.943. The first-order valence-electron chi connectivity index (χ1n) is 17.7. The minimum absolute atomic E-state index is 0.327.